The van der Waals surface area contributed by atoms with E-state index in [9.17, 15) is 9.59 Å². The Morgan fingerprint density at radius 1 is 1.31 bits per heavy atom. The lowest BCUT2D eigenvalue weighted by Gasteiger charge is -1.98. The summed E-state index contributed by atoms with van der Waals surface area (Å²) in [5.41, 5.74) is 1.64. The Balaban J connectivity index is 2.43. The molecule has 0 aliphatic heterocycles. The minimum absolute atomic E-state index is 0.136. The molecule has 0 saturated heterocycles. The van der Waals surface area contributed by atoms with Gasteiger partial charge in [0.05, 0.1) is 10.4 Å². The molecular formula is C11H7NO3S. The number of carbonyl (C=O) groups is 2. The van der Waals surface area contributed by atoms with Crippen LogP contribution in [0.25, 0.3) is 11.1 Å². The predicted molar refractivity (Wildman–Crippen MR) is 59.9 cm³/mol. The molecule has 0 aliphatic rings. The van der Waals surface area contributed by atoms with Crippen molar-refractivity contribution in [3.05, 3.63) is 40.3 Å². The predicted octanol–water partition coefficient (Wildman–Crippen LogP) is 2.32. The van der Waals surface area contributed by atoms with Crippen LogP contribution in [0.4, 0.5) is 0 Å². The maximum absolute atomic E-state index is 10.8. The van der Waals surface area contributed by atoms with E-state index in [0.29, 0.717) is 10.4 Å². The highest BCUT2D eigenvalue weighted by Gasteiger charge is 2.07. The largest absolute Gasteiger partial charge is 0.478 e. The average Bonchev–Trinajstić information content (AvgIpc) is 2.77. The molecule has 2 rings (SSSR count). The number of hydrogen-bond acceptors (Lipinski definition) is 4. The number of thiophene rings is 1. The number of aromatic carboxylic acids is 1. The zero-order valence-electron chi connectivity index (χ0n) is 8.08. The Hall–Kier alpha value is -2.01. The number of aromatic nitrogens is 1. The van der Waals surface area contributed by atoms with Crippen molar-refractivity contribution in [1.82, 2.24) is 4.98 Å². The molecule has 0 spiro atoms. The zero-order valence-corrected chi connectivity index (χ0v) is 8.90. The van der Waals surface area contributed by atoms with Gasteiger partial charge in [0.25, 0.3) is 0 Å². The fraction of sp³-hybridized carbons (Fsp3) is 0. The van der Waals surface area contributed by atoms with Crippen LogP contribution in [-0.2, 0) is 0 Å². The Bertz CT molecular complexity index is 548. The van der Waals surface area contributed by atoms with Crippen LogP contribution in [0.3, 0.4) is 0 Å². The molecule has 0 amide bonds. The van der Waals surface area contributed by atoms with Crippen LogP contribution in [0, 0.1) is 0 Å². The van der Waals surface area contributed by atoms with Crippen LogP contribution < -0.4 is 0 Å². The molecule has 0 aliphatic carbocycles. The lowest BCUT2D eigenvalue weighted by atomic mass is 10.1. The van der Waals surface area contributed by atoms with E-state index in [1.54, 1.807) is 17.6 Å². The maximum atomic E-state index is 10.8. The van der Waals surface area contributed by atoms with Crippen molar-refractivity contribution in [2.45, 2.75) is 0 Å². The highest BCUT2D eigenvalue weighted by atomic mass is 32.1. The van der Waals surface area contributed by atoms with Crippen LogP contribution in [0.2, 0.25) is 0 Å². The summed E-state index contributed by atoms with van der Waals surface area (Å²) in [5.74, 6) is -1.01. The Kier molecular flexibility index (Phi) is 2.78. The van der Waals surface area contributed by atoms with E-state index in [2.05, 4.69) is 4.98 Å². The molecule has 2 heterocycles. The molecule has 2 aromatic rings. The molecule has 0 atom stereocenters. The number of carbonyl (C=O) groups excluding carboxylic acids is 1. The minimum atomic E-state index is -1.01. The van der Waals surface area contributed by atoms with E-state index in [1.165, 1.54) is 23.6 Å². The summed E-state index contributed by atoms with van der Waals surface area (Å²) in [6.07, 6.45) is 3.63. The van der Waals surface area contributed by atoms with Gasteiger partial charge in [-0.1, -0.05) is 0 Å². The molecule has 0 fully saturated rings. The molecule has 0 unspecified atom stereocenters. The van der Waals surface area contributed by atoms with Gasteiger partial charge in [0, 0.05) is 18.0 Å². The van der Waals surface area contributed by atoms with E-state index in [1.807, 2.05) is 0 Å². The highest BCUT2D eigenvalue weighted by molar-refractivity contribution is 7.12. The van der Waals surface area contributed by atoms with Gasteiger partial charge in [-0.3, -0.25) is 9.78 Å². The van der Waals surface area contributed by atoms with Crippen LogP contribution in [0.5, 0.6) is 0 Å². The van der Waals surface area contributed by atoms with Crippen molar-refractivity contribution in [2.75, 3.05) is 0 Å². The topological polar surface area (TPSA) is 67.3 Å². The second-order valence-electron chi connectivity index (χ2n) is 3.12. The van der Waals surface area contributed by atoms with Gasteiger partial charge >= 0.3 is 5.97 Å². The van der Waals surface area contributed by atoms with Crippen molar-refractivity contribution in [3.63, 3.8) is 0 Å². The summed E-state index contributed by atoms with van der Waals surface area (Å²) in [4.78, 5) is 25.7. The smallest absolute Gasteiger partial charge is 0.337 e. The first-order valence-corrected chi connectivity index (χ1v) is 5.31. The number of nitrogens with zero attached hydrogens (tertiary/aromatic N) is 1. The second-order valence-corrected chi connectivity index (χ2v) is 4.07. The van der Waals surface area contributed by atoms with Crippen LogP contribution in [0.1, 0.15) is 20.0 Å². The Morgan fingerprint density at radius 2 is 2.12 bits per heavy atom. The van der Waals surface area contributed by atoms with Crippen molar-refractivity contribution >= 4 is 23.6 Å². The van der Waals surface area contributed by atoms with Gasteiger partial charge in [0.2, 0.25) is 0 Å². The molecule has 2 aromatic heterocycles. The molecule has 0 bridgehead atoms. The summed E-state index contributed by atoms with van der Waals surface area (Å²) < 4.78 is 0. The van der Waals surface area contributed by atoms with Gasteiger partial charge in [-0.05, 0) is 23.1 Å². The average molecular weight is 233 g/mol. The van der Waals surface area contributed by atoms with Crippen molar-refractivity contribution < 1.29 is 14.7 Å². The summed E-state index contributed by atoms with van der Waals surface area (Å²) in [6, 6.07) is 3.24. The van der Waals surface area contributed by atoms with Gasteiger partial charge in [0.15, 0.2) is 6.29 Å². The molecule has 0 saturated carbocycles. The van der Waals surface area contributed by atoms with E-state index in [0.717, 1.165) is 11.8 Å². The SMILES string of the molecule is O=Cc1cc(-c2cncc(C(=O)O)c2)cs1. The van der Waals surface area contributed by atoms with E-state index in [-0.39, 0.29) is 5.56 Å². The zero-order chi connectivity index (χ0) is 11.5. The standard InChI is InChI=1S/C11H7NO3S/c13-5-10-2-9(6-16-10)7-1-8(11(14)15)4-12-3-7/h1-6H,(H,14,15). The summed E-state index contributed by atoms with van der Waals surface area (Å²) in [6.45, 7) is 0. The number of carboxylic acids is 1. The Labute approximate surface area is 95.2 Å². The molecule has 0 radical (unpaired) electrons. The molecule has 0 aromatic carbocycles. The van der Waals surface area contributed by atoms with Gasteiger partial charge in [-0.2, -0.15) is 0 Å². The van der Waals surface area contributed by atoms with Crippen molar-refractivity contribution in [2.24, 2.45) is 0 Å². The molecular weight excluding hydrogens is 226 g/mol. The van der Waals surface area contributed by atoms with E-state index >= 15 is 0 Å². The fourth-order valence-corrected chi connectivity index (χ4v) is 2.00. The first-order chi connectivity index (χ1) is 7.70. The highest BCUT2D eigenvalue weighted by Crippen LogP contribution is 2.24. The van der Waals surface area contributed by atoms with Gasteiger partial charge in [0.1, 0.15) is 0 Å². The third-order valence-corrected chi connectivity index (χ3v) is 2.91. The summed E-state index contributed by atoms with van der Waals surface area (Å²) in [7, 11) is 0. The first-order valence-electron chi connectivity index (χ1n) is 4.43. The first kappa shape index (κ1) is 10.5. The molecule has 80 valence electrons. The third kappa shape index (κ3) is 1.99. The minimum Gasteiger partial charge on any atom is -0.478 e. The lowest BCUT2D eigenvalue weighted by molar-refractivity contribution is 0.0696. The van der Waals surface area contributed by atoms with Gasteiger partial charge in [-0.15, -0.1) is 11.3 Å². The fourth-order valence-electron chi connectivity index (χ4n) is 1.28. The van der Waals surface area contributed by atoms with Gasteiger partial charge < -0.3 is 5.11 Å². The monoisotopic (exact) mass is 233 g/mol. The second kappa shape index (κ2) is 4.24. The van der Waals surface area contributed by atoms with E-state index in [4.69, 9.17) is 5.11 Å². The number of rotatable bonds is 3. The van der Waals surface area contributed by atoms with E-state index < -0.39 is 5.97 Å². The van der Waals surface area contributed by atoms with Crippen molar-refractivity contribution in [3.8, 4) is 11.1 Å². The van der Waals surface area contributed by atoms with Crippen LogP contribution in [-0.4, -0.2) is 22.3 Å². The molecule has 5 heteroatoms. The molecule has 4 nitrogen and oxygen atoms in total. The molecule has 16 heavy (non-hydrogen) atoms. The normalized spacial score (nSPS) is 10.0. The number of pyridine rings is 1. The Morgan fingerprint density at radius 3 is 2.75 bits per heavy atom. The van der Waals surface area contributed by atoms with Gasteiger partial charge in [-0.25, -0.2) is 4.79 Å². The third-order valence-electron chi connectivity index (χ3n) is 2.05. The van der Waals surface area contributed by atoms with Crippen LogP contribution in [0.15, 0.2) is 29.9 Å². The summed E-state index contributed by atoms with van der Waals surface area (Å²) >= 11 is 1.32. The van der Waals surface area contributed by atoms with Crippen LogP contribution >= 0.6 is 11.3 Å². The quantitative estimate of drug-likeness (QED) is 0.826. The number of aldehydes is 1. The summed E-state index contributed by atoms with van der Waals surface area (Å²) in [5, 5.41) is 10.6. The number of hydrogen-bond donors (Lipinski definition) is 1. The lowest BCUT2D eigenvalue weighted by Crippen LogP contribution is -1.96. The molecule has 1 N–H and O–H groups in total. The maximum Gasteiger partial charge on any atom is 0.337 e. The number of carboxylic acid groups (broad SMARTS) is 1. The van der Waals surface area contributed by atoms with Crippen molar-refractivity contribution in [1.29, 1.82) is 0 Å².